The van der Waals surface area contributed by atoms with Gasteiger partial charge in [-0.05, 0) is 17.7 Å². The third-order valence-corrected chi connectivity index (χ3v) is 2.34. The lowest BCUT2D eigenvalue weighted by Gasteiger charge is -2.10. The topological polar surface area (TPSA) is 50.9 Å². The van der Waals surface area contributed by atoms with Crippen molar-refractivity contribution >= 4 is 11.6 Å². The number of nitrogens with zero attached hydrogens (tertiary/aromatic N) is 3. The third kappa shape index (κ3) is 2.55. The second kappa shape index (κ2) is 4.42. The molecule has 2 rings (SSSR count). The van der Waals surface area contributed by atoms with Crippen molar-refractivity contribution in [3.8, 4) is 0 Å². The first-order chi connectivity index (χ1) is 7.25. The molecule has 1 heterocycles. The zero-order valence-electron chi connectivity index (χ0n) is 7.92. The SMILES string of the molecule is OC(Cn1ccnn1)c1ccc(Cl)cc1. The molecule has 1 N–H and O–H groups in total. The number of hydrogen-bond donors (Lipinski definition) is 1. The van der Waals surface area contributed by atoms with Crippen molar-refractivity contribution in [1.29, 1.82) is 0 Å². The summed E-state index contributed by atoms with van der Waals surface area (Å²) in [6.07, 6.45) is 2.69. The second-order valence-corrected chi connectivity index (χ2v) is 3.63. The first kappa shape index (κ1) is 10.1. The van der Waals surface area contributed by atoms with Crippen LogP contribution in [0.2, 0.25) is 5.02 Å². The van der Waals surface area contributed by atoms with Gasteiger partial charge in [-0.1, -0.05) is 28.9 Å². The molecule has 15 heavy (non-hydrogen) atoms. The zero-order chi connectivity index (χ0) is 10.7. The van der Waals surface area contributed by atoms with Crippen LogP contribution < -0.4 is 0 Å². The summed E-state index contributed by atoms with van der Waals surface area (Å²) < 4.78 is 1.58. The maximum Gasteiger partial charge on any atom is 0.0986 e. The van der Waals surface area contributed by atoms with Gasteiger partial charge >= 0.3 is 0 Å². The number of hydrogen-bond acceptors (Lipinski definition) is 3. The smallest absolute Gasteiger partial charge is 0.0986 e. The predicted molar refractivity (Wildman–Crippen MR) is 56.4 cm³/mol. The molecule has 0 aliphatic heterocycles. The van der Waals surface area contributed by atoms with Gasteiger partial charge in [0.05, 0.1) is 18.8 Å². The molecule has 1 aromatic carbocycles. The van der Waals surface area contributed by atoms with Crippen molar-refractivity contribution in [2.24, 2.45) is 0 Å². The van der Waals surface area contributed by atoms with Gasteiger partial charge in [-0.3, -0.25) is 0 Å². The molecule has 0 bridgehead atoms. The summed E-state index contributed by atoms with van der Waals surface area (Å²) in [7, 11) is 0. The fourth-order valence-electron chi connectivity index (χ4n) is 1.30. The molecule has 0 spiro atoms. The first-order valence-corrected chi connectivity index (χ1v) is 4.91. The maximum atomic E-state index is 9.85. The van der Waals surface area contributed by atoms with Crippen LogP contribution in [0.4, 0.5) is 0 Å². The average Bonchev–Trinajstić information content (AvgIpc) is 2.71. The van der Waals surface area contributed by atoms with Gasteiger partial charge in [0.2, 0.25) is 0 Å². The van der Waals surface area contributed by atoms with E-state index >= 15 is 0 Å². The molecule has 1 unspecified atom stereocenters. The van der Waals surface area contributed by atoms with Crippen LogP contribution in [0.3, 0.4) is 0 Å². The number of aliphatic hydroxyl groups is 1. The normalized spacial score (nSPS) is 12.7. The Balaban J connectivity index is 2.08. The van der Waals surface area contributed by atoms with Gasteiger partial charge in [0, 0.05) is 11.2 Å². The number of halogens is 1. The van der Waals surface area contributed by atoms with E-state index in [4.69, 9.17) is 11.6 Å². The molecule has 0 saturated heterocycles. The molecular formula is C10H10ClN3O. The molecule has 0 radical (unpaired) electrons. The predicted octanol–water partition coefficient (Wildman–Crippen LogP) is 1.67. The molecule has 0 aliphatic carbocycles. The van der Waals surface area contributed by atoms with Gasteiger partial charge in [-0.2, -0.15) is 0 Å². The molecule has 0 amide bonds. The van der Waals surface area contributed by atoms with Crippen LogP contribution in [0.5, 0.6) is 0 Å². The Kier molecular flexibility index (Phi) is 2.99. The largest absolute Gasteiger partial charge is 0.386 e. The summed E-state index contributed by atoms with van der Waals surface area (Å²) >= 11 is 5.75. The zero-order valence-corrected chi connectivity index (χ0v) is 8.67. The molecule has 1 aromatic heterocycles. The van der Waals surface area contributed by atoms with Gasteiger partial charge in [-0.15, -0.1) is 5.10 Å². The van der Waals surface area contributed by atoms with Crippen LogP contribution in [0.25, 0.3) is 0 Å². The van der Waals surface area contributed by atoms with E-state index < -0.39 is 6.10 Å². The van der Waals surface area contributed by atoms with Crippen LogP contribution in [0.1, 0.15) is 11.7 Å². The highest BCUT2D eigenvalue weighted by Crippen LogP contribution is 2.17. The van der Waals surface area contributed by atoms with Crippen molar-refractivity contribution in [2.75, 3.05) is 0 Å². The standard InChI is InChI=1S/C10H10ClN3O/c11-9-3-1-8(2-4-9)10(15)7-14-6-5-12-13-14/h1-6,10,15H,7H2. The third-order valence-electron chi connectivity index (χ3n) is 2.09. The molecule has 78 valence electrons. The summed E-state index contributed by atoms with van der Waals surface area (Å²) in [5, 5.41) is 18.0. The number of benzene rings is 1. The van der Waals surface area contributed by atoms with Crippen LogP contribution in [0.15, 0.2) is 36.7 Å². The Morgan fingerprint density at radius 1 is 1.33 bits per heavy atom. The Hall–Kier alpha value is -1.39. The summed E-state index contributed by atoms with van der Waals surface area (Å²) in [6, 6.07) is 7.09. The minimum absolute atomic E-state index is 0.391. The molecule has 0 fully saturated rings. The fraction of sp³-hybridized carbons (Fsp3) is 0.200. The van der Waals surface area contributed by atoms with E-state index in [1.54, 1.807) is 41.3 Å². The fourth-order valence-corrected chi connectivity index (χ4v) is 1.42. The van der Waals surface area contributed by atoms with Gasteiger partial charge in [0.15, 0.2) is 0 Å². The second-order valence-electron chi connectivity index (χ2n) is 3.19. The Bertz CT molecular complexity index is 413. The number of aliphatic hydroxyl groups excluding tert-OH is 1. The lowest BCUT2D eigenvalue weighted by Crippen LogP contribution is -2.09. The van der Waals surface area contributed by atoms with Gasteiger partial charge in [0.25, 0.3) is 0 Å². The van der Waals surface area contributed by atoms with Crippen LogP contribution in [0, 0.1) is 0 Å². The van der Waals surface area contributed by atoms with Crippen molar-refractivity contribution in [2.45, 2.75) is 12.6 Å². The molecule has 4 nitrogen and oxygen atoms in total. The van der Waals surface area contributed by atoms with Crippen molar-refractivity contribution < 1.29 is 5.11 Å². The van der Waals surface area contributed by atoms with Crippen molar-refractivity contribution in [3.05, 3.63) is 47.2 Å². The van der Waals surface area contributed by atoms with E-state index in [2.05, 4.69) is 10.3 Å². The molecule has 0 aliphatic rings. The van der Waals surface area contributed by atoms with E-state index in [1.807, 2.05) is 0 Å². The highest BCUT2D eigenvalue weighted by Gasteiger charge is 2.08. The minimum Gasteiger partial charge on any atom is -0.386 e. The Morgan fingerprint density at radius 2 is 2.07 bits per heavy atom. The minimum atomic E-state index is -0.594. The average molecular weight is 224 g/mol. The molecule has 1 atom stereocenters. The Morgan fingerprint density at radius 3 is 2.67 bits per heavy atom. The first-order valence-electron chi connectivity index (χ1n) is 4.53. The van der Waals surface area contributed by atoms with E-state index in [0.29, 0.717) is 11.6 Å². The van der Waals surface area contributed by atoms with Crippen molar-refractivity contribution in [1.82, 2.24) is 15.0 Å². The summed E-state index contributed by atoms with van der Waals surface area (Å²) in [5.41, 5.74) is 0.815. The molecule has 2 aromatic rings. The highest BCUT2D eigenvalue weighted by atomic mass is 35.5. The lowest BCUT2D eigenvalue weighted by atomic mass is 10.1. The van der Waals surface area contributed by atoms with Gasteiger partial charge < -0.3 is 5.11 Å². The quantitative estimate of drug-likeness (QED) is 0.861. The molecular weight excluding hydrogens is 214 g/mol. The van der Waals surface area contributed by atoms with E-state index in [-0.39, 0.29) is 0 Å². The lowest BCUT2D eigenvalue weighted by molar-refractivity contribution is 0.150. The number of aromatic nitrogens is 3. The molecule has 5 heteroatoms. The van der Waals surface area contributed by atoms with Crippen LogP contribution in [-0.2, 0) is 6.54 Å². The van der Waals surface area contributed by atoms with Crippen LogP contribution in [-0.4, -0.2) is 20.1 Å². The van der Waals surface area contributed by atoms with Crippen molar-refractivity contribution in [3.63, 3.8) is 0 Å². The summed E-state index contributed by atoms with van der Waals surface area (Å²) in [6.45, 7) is 0.391. The number of rotatable bonds is 3. The molecule has 0 saturated carbocycles. The highest BCUT2D eigenvalue weighted by molar-refractivity contribution is 6.30. The van der Waals surface area contributed by atoms with Gasteiger partial charge in [0.1, 0.15) is 0 Å². The van der Waals surface area contributed by atoms with Gasteiger partial charge in [-0.25, -0.2) is 4.68 Å². The Labute approximate surface area is 92.1 Å². The van der Waals surface area contributed by atoms with Crippen LogP contribution >= 0.6 is 11.6 Å². The monoisotopic (exact) mass is 223 g/mol. The van der Waals surface area contributed by atoms with E-state index in [0.717, 1.165) is 5.56 Å². The van der Waals surface area contributed by atoms with E-state index in [1.165, 1.54) is 0 Å². The maximum absolute atomic E-state index is 9.85. The van der Waals surface area contributed by atoms with E-state index in [9.17, 15) is 5.11 Å². The summed E-state index contributed by atoms with van der Waals surface area (Å²) in [5.74, 6) is 0. The summed E-state index contributed by atoms with van der Waals surface area (Å²) in [4.78, 5) is 0.